The summed E-state index contributed by atoms with van der Waals surface area (Å²) in [6.45, 7) is 6.88. The van der Waals surface area contributed by atoms with Crippen LogP contribution in [0.4, 0.5) is 5.69 Å². The fourth-order valence-corrected chi connectivity index (χ4v) is 9.23. The van der Waals surface area contributed by atoms with Crippen LogP contribution in [0.2, 0.25) is 5.02 Å². The Kier molecular flexibility index (Phi) is 11.0. The van der Waals surface area contributed by atoms with Crippen LogP contribution in [0.3, 0.4) is 0 Å². The molecule has 0 unspecified atom stereocenters. The number of anilines is 1. The van der Waals surface area contributed by atoms with E-state index >= 15 is 0 Å². The van der Waals surface area contributed by atoms with Crippen molar-refractivity contribution in [3.05, 3.63) is 58.1 Å². The van der Waals surface area contributed by atoms with Gasteiger partial charge in [-0.15, -0.1) is 0 Å². The van der Waals surface area contributed by atoms with Gasteiger partial charge in [0.1, 0.15) is 12.4 Å². The summed E-state index contributed by atoms with van der Waals surface area (Å²) in [5.74, 6) is 1.03. The van der Waals surface area contributed by atoms with Gasteiger partial charge in [-0.05, 0) is 118 Å². The molecule has 2 N–H and O–H groups in total. The Labute approximate surface area is 285 Å². The van der Waals surface area contributed by atoms with E-state index in [2.05, 4.69) is 14.9 Å². The van der Waals surface area contributed by atoms with Crippen molar-refractivity contribution in [1.29, 1.82) is 0 Å². The van der Waals surface area contributed by atoms with E-state index in [9.17, 15) is 13.2 Å². The number of amides is 1. The zero-order valence-electron chi connectivity index (χ0n) is 27.9. The minimum atomic E-state index is -3.90. The third kappa shape index (κ3) is 7.93. The summed E-state index contributed by atoms with van der Waals surface area (Å²) in [4.78, 5) is 15.9. The number of likely N-dealkylation sites (N-methyl/N-ethyl adjacent to an activating group) is 1. The third-order valence-corrected chi connectivity index (χ3v) is 13.3. The molecular formula is C36H50ClN3O6S. The van der Waals surface area contributed by atoms with Gasteiger partial charge in [-0.2, -0.15) is 0 Å². The van der Waals surface area contributed by atoms with E-state index < -0.39 is 21.2 Å². The lowest BCUT2D eigenvalue weighted by molar-refractivity contribution is -0.231. The number of halogens is 1. The van der Waals surface area contributed by atoms with Crippen LogP contribution in [-0.2, 0) is 32.5 Å². The number of rotatable bonds is 2. The van der Waals surface area contributed by atoms with Crippen molar-refractivity contribution in [2.45, 2.75) is 89.4 Å². The first kappa shape index (κ1) is 34.5. The quantitative estimate of drug-likeness (QED) is 0.400. The van der Waals surface area contributed by atoms with Gasteiger partial charge in [0.15, 0.2) is 6.29 Å². The van der Waals surface area contributed by atoms with E-state index in [0.717, 1.165) is 80.7 Å². The number of carbonyl (C=O) groups excluding carboxylic acids is 1. The lowest BCUT2D eigenvalue weighted by Gasteiger charge is -2.48. The third-order valence-electron chi connectivity index (χ3n) is 11.1. The van der Waals surface area contributed by atoms with Crippen molar-refractivity contribution in [2.24, 2.45) is 23.7 Å². The number of fused-ring (bicyclic) bond motifs is 3. The summed E-state index contributed by atoms with van der Waals surface area (Å²) in [5.41, 5.74) is 3.41. The van der Waals surface area contributed by atoms with Crippen molar-refractivity contribution < 1.29 is 27.4 Å². The minimum absolute atomic E-state index is 0.123. The van der Waals surface area contributed by atoms with E-state index in [1.807, 2.05) is 44.3 Å². The Balaban J connectivity index is 1.35. The number of benzene rings is 2. The second kappa shape index (κ2) is 15.0. The van der Waals surface area contributed by atoms with Gasteiger partial charge in [-0.1, -0.05) is 31.0 Å². The van der Waals surface area contributed by atoms with Crippen LogP contribution in [-0.4, -0.2) is 65.3 Å². The predicted molar refractivity (Wildman–Crippen MR) is 184 cm³/mol. The number of hydrogen-bond donors (Lipinski definition) is 2. The molecule has 0 aromatic heterocycles. The van der Waals surface area contributed by atoms with Gasteiger partial charge in [0.25, 0.3) is 5.91 Å². The van der Waals surface area contributed by atoms with Gasteiger partial charge in [-0.3, -0.25) is 4.79 Å². The number of carbonyl (C=O) groups is 1. The maximum atomic E-state index is 13.5. The highest BCUT2D eigenvalue weighted by atomic mass is 35.5. The summed E-state index contributed by atoms with van der Waals surface area (Å²) in [7, 11) is -1.97. The van der Waals surface area contributed by atoms with Crippen molar-refractivity contribution in [3.8, 4) is 5.75 Å². The van der Waals surface area contributed by atoms with Crippen LogP contribution in [0.1, 0.15) is 80.3 Å². The molecule has 1 aliphatic carbocycles. The Bertz CT molecular complexity index is 1510. The number of aryl methyl sites for hydroxylation is 1. The second-order valence-corrected chi connectivity index (χ2v) is 16.5. The topological polar surface area (TPSA) is 106 Å². The van der Waals surface area contributed by atoms with Crippen molar-refractivity contribution in [1.82, 2.24) is 10.0 Å². The first-order valence-corrected chi connectivity index (χ1v) is 19.3. The fraction of sp³-hybridized carbons (Fsp3) is 0.639. The Morgan fingerprint density at radius 2 is 1.74 bits per heavy atom. The van der Waals surface area contributed by atoms with Gasteiger partial charge < -0.3 is 24.4 Å². The minimum Gasteiger partial charge on any atom is -0.487 e. The summed E-state index contributed by atoms with van der Waals surface area (Å²) < 4.78 is 48.4. The number of ether oxygens (including phenoxy) is 3. The van der Waals surface area contributed by atoms with Gasteiger partial charge >= 0.3 is 0 Å². The van der Waals surface area contributed by atoms with Gasteiger partial charge in [0.05, 0.1) is 30.2 Å². The molecule has 5 atom stereocenters. The largest absolute Gasteiger partial charge is 0.487 e. The molecule has 11 heteroatoms. The lowest BCUT2D eigenvalue weighted by Crippen LogP contribution is -2.50. The van der Waals surface area contributed by atoms with Crippen LogP contribution >= 0.6 is 11.6 Å². The number of hydrogen-bond acceptors (Lipinski definition) is 8. The van der Waals surface area contributed by atoms with Crippen molar-refractivity contribution in [3.63, 3.8) is 0 Å². The van der Waals surface area contributed by atoms with E-state index in [-0.39, 0.29) is 24.2 Å². The van der Waals surface area contributed by atoms with Crippen LogP contribution in [0.25, 0.3) is 0 Å². The standard InChI is InChI=1S/C36H50ClN3O6S/c1-23-7-6-9-32(36-45-21-30(38-3)22-46-36)31-14-11-27(31)19-40-16-5-4-8-25-17-29(37)13-10-28(25)20-44-34-15-12-26(18-33(34)40)35(41)39-47(42,43)24(23)2/h10,12-13,15,17-18,23-24,27,30-32,36,38H,4-9,11,14,16,19-22H2,1-3H3,(H,39,41)/t23-,24+,27-,30-,31+,32-,36-/m0/s1. The second-order valence-electron chi connectivity index (χ2n) is 14.1. The molecule has 3 aliphatic heterocycles. The molecule has 1 amide bonds. The molecular weight excluding hydrogens is 638 g/mol. The highest BCUT2D eigenvalue weighted by Gasteiger charge is 2.43. The maximum absolute atomic E-state index is 13.5. The van der Waals surface area contributed by atoms with Gasteiger partial charge in [0.2, 0.25) is 10.0 Å². The molecule has 0 radical (unpaired) electrons. The SMILES string of the molecule is CN[C@H]1CO[C@H]([C@H]2CCC[C@H](C)[C@@H](C)S(=O)(=O)NC(=O)c3ccc4c(c3)N(CCCCc3cc(Cl)ccc3CO4)C[C@@H]3CC[C@H]32)OC1. The summed E-state index contributed by atoms with van der Waals surface area (Å²) >= 11 is 6.37. The molecule has 2 bridgehead atoms. The Morgan fingerprint density at radius 1 is 0.936 bits per heavy atom. The highest BCUT2D eigenvalue weighted by molar-refractivity contribution is 7.90. The van der Waals surface area contributed by atoms with Crippen LogP contribution in [0, 0.1) is 23.7 Å². The van der Waals surface area contributed by atoms with E-state index in [1.165, 1.54) is 5.56 Å². The summed E-state index contributed by atoms with van der Waals surface area (Å²) in [6.07, 6.45) is 7.33. The smallest absolute Gasteiger partial charge is 0.264 e. The summed E-state index contributed by atoms with van der Waals surface area (Å²) in [5, 5.41) is 3.26. The molecule has 47 heavy (non-hydrogen) atoms. The van der Waals surface area contributed by atoms with Gasteiger partial charge in [-0.25, -0.2) is 13.1 Å². The molecule has 6 rings (SSSR count). The highest BCUT2D eigenvalue weighted by Crippen LogP contribution is 2.46. The Hall–Kier alpha value is -2.37. The first-order valence-electron chi connectivity index (χ1n) is 17.4. The zero-order chi connectivity index (χ0) is 33.1. The monoisotopic (exact) mass is 687 g/mol. The maximum Gasteiger partial charge on any atom is 0.264 e. The van der Waals surface area contributed by atoms with Crippen LogP contribution in [0.5, 0.6) is 5.75 Å². The average molecular weight is 688 g/mol. The molecule has 258 valence electrons. The average Bonchev–Trinajstić information content (AvgIpc) is 3.08. The van der Waals surface area contributed by atoms with E-state index in [0.29, 0.717) is 43.0 Å². The normalized spacial score (nSPS) is 32.0. The lowest BCUT2D eigenvalue weighted by atomic mass is 9.65. The molecule has 1 saturated heterocycles. The van der Waals surface area contributed by atoms with Crippen molar-refractivity contribution >= 4 is 33.2 Å². The Morgan fingerprint density at radius 3 is 2.49 bits per heavy atom. The van der Waals surface area contributed by atoms with Crippen molar-refractivity contribution in [2.75, 3.05) is 38.3 Å². The zero-order valence-corrected chi connectivity index (χ0v) is 29.5. The molecule has 3 heterocycles. The molecule has 2 aromatic rings. The number of nitrogens with zero attached hydrogens (tertiary/aromatic N) is 1. The molecule has 2 aromatic carbocycles. The van der Waals surface area contributed by atoms with E-state index in [1.54, 1.807) is 13.0 Å². The predicted octanol–water partition coefficient (Wildman–Crippen LogP) is 5.93. The number of sulfonamides is 1. The molecule has 1 saturated carbocycles. The molecule has 9 nitrogen and oxygen atoms in total. The first-order chi connectivity index (χ1) is 22.6. The summed E-state index contributed by atoms with van der Waals surface area (Å²) in [6, 6.07) is 11.4. The van der Waals surface area contributed by atoms with E-state index in [4.69, 9.17) is 25.8 Å². The van der Waals surface area contributed by atoms with Crippen LogP contribution in [0.15, 0.2) is 36.4 Å². The molecule has 2 fully saturated rings. The molecule has 0 spiro atoms. The molecule has 4 aliphatic rings. The fourth-order valence-electron chi connectivity index (χ4n) is 7.73. The van der Waals surface area contributed by atoms with Gasteiger partial charge in [0, 0.05) is 29.6 Å². The number of nitrogens with one attached hydrogen (secondary N) is 2. The van der Waals surface area contributed by atoms with Crippen LogP contribution < -0.4 is 19.7 Å².